The Morgan fingerprint density at radius 3 is 1.06 bits per heavy atom. The molecular weight excluding hydrogens is 248 g/mol. The zero-order chi connectivity index (χ0) is 13.7. The number of hydrogen-bond donors (Lipinski definition) is 4. The molecule has 0 fully saturated rings. The Hall–Kier alpha value is -0.880. The average Bonchev–Trinajstić information content (AvgIpc) is 2.18. The minimum Gasteiger partial charge on any atom is -0.478 e. The summed E-state index contributed by atoms with van der Waals surface area (Å²) in [4.78, 5) is 19.2. The molecule has 0 saturated heterocycles. The summed E-state index contributed by atoms with van der Waals surface area (Å²) in [5, 5.41) is 15.8. The summed E-state index contributed by atoms with van der Waals surface area (Å²) in [7, 11) is 0. The maximum Gasteiger partial charge on any atom is 0.330 e. The van der Waals surface area contributed by atoms with Gasteiger partial charge in [0.05, 0.1) is 0 Å². The summed E-state index contributed by atoms with van der Waals surface area (Å²) in [5.74, 6) is -0.114. The highest BCUT2D eigenvalue weighted by Crippen LogP contribution is 1.81. The highest BCUT2D eigenvalue weighted by molar-refractivity contribution is 7.84. The second kappa shape index (κ2) is 14.1. The van der Waals surface area contributed by atoms with E-state index in [0.717, 1.165) is 11.5 Å². The highest BCUT2D eigenvalue weighted by Gasteiger charge is 1.90. The van der Waals surface area contributed by atoms with Crippen LogP contribution in [-0.4, -0.2) is 33.7 Å². The Bertz CT molecular complexity index is 199. The van der Waals surface area contributed by atoms with Crippen LogP contribution in [0.15, 0.2) is 24.3 Å². The minimum absolute atomic E-state index is 0.176. The third-order valence-corrected chi connectivity index (χ3v) is 1.63. The molecule has 0 bridgehead atoms. The predicted molar refractivity (Wildman–Crippen MR) is 72.6 cm³/mol. The zero-order valence-electron chi connectivity index (χ0n) is 9.43. The zero-order valence-corrected chi connectivity index (χ0v) is 11.2. The Kier molecular flexibility index (Phi) is 18.1. The van der Waals surface area contributed by atoms with Crippen LogP contribution in [0.3, 0.4) is 0 Å². The van der Waals surface area contributed by atoms with E-state index in [4.69, 9.17) is 10.2 Å². The molecule has 0 aromatic heterocycles. The lowest BCUT2D eigenvalue weighted by atomic mass is 10.4. The van der Waals surface area contributed by atoms with Gasteiger partial charge < -0.3 is 10.2 Å². The molecule has 0 aromatic rings. The van der Waals surface area contributed by atoms with Crippen molar-refractivity contribution in [1.82, 2.24) is 0 Å². The smallest absolute Gasteiger partial charge is 0.330 e. The van der Waals surface area contributed by atoms with Crippen LogP contribution >= 0.6 is 25.3 Å². The average molecular weight is 266 g/mol. The summed E-state index contributed by atoms with van der Waals surface area (Å²) in [5.41, 5.74) is 0.352. The van der Waals surface area contributed by atoms with Gasteiger partial charge in [0.25, 0.3) is 0 Å². The molecule has 94 valence electrons. The van der Waals surface area contributed by atoms with Crippen LogP contribution < -0.4 is 0 Å². The van der Waals surface area contributed by atoms with Crippen molar-refractivity contribution in [3.63, 3.8) is 0 Å². The van der Waals surface area contributed by atoms with E-state index in [-0.39, 0.29) is 11.1 Å². The lowest BCUT2D eigenvalue weighted by Gasteiger charge is -1.79. The molecule has 0 spiro atoms. The third kappa shape index (κ3) is 29.2. The van der Waals surface area contributed by atoms with Gasteiger partial charge in [-0.1, -0.05) is 13.2 Å². The van der Waals surface area contributed by atoms with E-state index in [0.29, 0.717) is 0 Å². The fourth-order valence-electron chi connectivity index (χ4n) is 0. The van der Waals surface area contributed by atoms with E-state index in [1.807, 2.05) is 0 Å². The second-order valence-electron chi connectivity index (χ2n) is 2.62. The number of aliphatic carboxylic acids is 2. The van der Waals surface area contributed by atoms with E-state index in [2.05, 4.69) is 38.4 Å². The fourth-order valence-corrected chi connectivity index (χ4v) is 0. The quantitative estimate of drug-likeness (QED) is 0.466. The molecule has 0 aliphatic heterocycles. The molecule has 0 aliphatic rings. The first-order chi connectivity index (χ1) is 7.20. The first-order valence-corrected chi connectivity index (χ1v) is 5.46. The van der Waals surface area contributed by atoms with Gasteiger partial charge in [0.15, 0.2) is 0 Å². The van der Waals surface area contributed by atoms with Gasteiger partial charge in [-0.25, -0.2) is 9.59 Å². The number of rotatable bonds is 3. The molecule has 0 rings (SSSR count). The Morgan fingerprint density at radius 2 is 1.06 bits per heavy atom. The van der Waals surface area contributed by atoms with Crippen molar-refractivity contribution >= 4 is 37.2 Å². The van der Waals surface area contributed by atoms with Crippen molar-refractivity contribution in [1.29, 1.82) is 0 Å². The molecule has 0 unspecified atom stereocenters. The topological polar surface area (TPSA) is 74.6 Å². The lowest BCUT2D eigenvalue weighted by Crippen LogP contribution is -1.92. The lowest BCUT2D eigenvalue weighted by molar-refractivity contribution is -0.133. The van der Waals surface area contributed by atoms with E-state index in [1.54, 1.807) is 0 Å². The fraction of sp³-hybridized carbons (Fsp3) is 0.400. The van der Waals surface area contributed by atoms with Gasteiger partial charge in [-0.15, -0.1) is 0 Å². The van der Waals surface area contributed by atoms with Crippen molar-refractivity contribution in [2.75, 3.05) is 11.5 Å². The van der Waals surface area contributed by atoms with Crippen LogP contribution in [0.4, 0.5) is 0 Å². The van der Waals surface area contributed by atoms with E-state index < -0.39 is 11.9 Å². The van der Waals surface area contributed by atoms with Gasteiger partial charge in [0.1, 0.15) is 0 Å². The molecule has 0 saturated carbocycles. The number of carbonyl (C=O) groups is 2. The van der Waals surface area contributed by atoms with Gasteiger partial charge >= 0.3 is 11.9 Å². The predicted octanol–water partition coefficient (Wildman–Crippen LogP) is 2.14. The molecule has 0 radical (unpaired) electrons. The monoisotopic (exact) mass is 266 g/mol. The maximum absolute atomic E-state index is 9.60. The van der Waals surface area contributed by atoms with Gasteiger partial charge in [-0.3, -0.25) is 0 Å². The summed E-state index contributed by atoms with van der Waals surface area (Å²) in [6, 6.07) is 0. The van der Waals surface area contributed by atoms with Crippen LogP contribution in [0.5, 0.6) is 0 Å². The number of carboxylic acid groups (broad SMARTS) is 2. The van der Waals surface area contributed by atoms with Crippen LogP contribution in [0, 0.1) is 0 Å². The van der Waals surface area contributed by atoms with Gasteiger partial charge in [-0.2, -0.15) is 25.3 Å². The van der Waals surface area contributed by atoms with Crippen LogP contribution in [0.25, 0.3) is 0 Å². The Labute approximate surface area is 107 Å². The van der Waals surface area contributed by atoms with Crippen molar-refractivity contribution in [2.45, 2.75) is 13.8 Å². The summed E-state index contributed by atoms with van der Waals surface area (Å²) < 4.78 is 0. The normalized spacial score (nSPS) is 7.50. The molecule has 4 nitrogen and oxygen atoms in total. The molecule has 6 heteroatoms. The molecule has 0 amide bonds. The number of carboxylic acids is 2. The third-order valence-electron chi connectivity index (χ3n) is 0.830. The SMILES string of the molecule is C=C(C)C(=O)O.C=C(C)C(=O)O.SCCS. The van der Waals surface area contributed by atoms with Crippen LogP contribution in [0.1, 0.15) is 13.8 Å². The molecule has 2 N–H and O–H groups in total. The minimum atomic E-state index is -0.935. The molecule has 16 heavy (non-hydrogen) atoms. The summed E-state index contributed by atoms with van der Waals surface area (Å²) in [6.45, 7) is 9.20. The van der Waals surface area contributed by atoms with E-state index >= 15 is 0 Å². The first-order valence-electron chi connectivity index (χ1n) is 4.20. The van der Waals surface area contributed by atoms with Gasteiger partial charge in [0.2, 0.25) is 0 Å². The number of thiol groups is 2. The summed E-state index contributed by atoms with van der Waals surface area (Å²) >= 11 is 7.69. The van der Waals surface area contributed by atoms with E-state index in [1.165, 1.54) is 13.8 Å². The van der Waals surface area contributed by atoms with Crippen molar-refractivity contribution < 1.29 is 19.8 Å². The largest absolute Gasteiger partial charge is 0.478 e. The second-order valence-corrected chi connectivity index (χ2v) is 3.51. The van der Waals surface area contributed by atoms with E-state index in [9.17, 15) is 9.59 Å². The summed E-state index contributed by atoms with van der Waals surface area (Å²) in [6.07, 6.45) is 0. The molecule has 0 aliphatic carbocycles. The van der Waals surface area contributed by atoms with Crippen molar-refractivity contribution in [2.24, 2.45) is 0 Å². The standard InChI is InChI=1S/2C4H6O2.C2H6S2/c2*1-3(2)4(5)6;3-1-2-4/h2*1H2,2H3,(H,5,6);3-4H,1-2H2. The van der Waals surface area contributed by atoms with Crippen molar-refractivity contribution in [3.8, 4) is 0 Å². The Balaban J connectivity index is -0.000000162. The van der Waals surface area contributed by atoms with Crippen molar-refractivity contribution in [3.05, 3.63) is 24.3 Å². The molecular formula is C10H18O4S2. The van der Waals surface area contributed by atoms with Crippen LogP contribution in [-0.2, 0) is 9.59 Å². The van der Waals surface area contributed by atoms with Gasteiger partial charge in [0, 0.05) is 11.1 Å². The highest BCUT2D eigenvalue weighted by atomic mass is 32.1. The molecule has 0 aromatic carbocycles. The molecule has 0 heterocycles. The van der Waals surface area contributed by atoms with Crippen LogP contribution in [0.2, 0.25) is 0 Å². The molecule has 0 atom stereocenters. The van der Waals surface area contributed by atoms with Gasteiger partial charge in [-0.05, 0) is 25.4 Å². The first kappa shape index (κ1) is 20.5. The number of hydrogen-bond acceptors (Lipinski definition) is 4. The Morgan fingerprint density at radius 1 is 0.938 bits per heavy atom. The maximum atomic E-state index is 9.60.